The monoisotopic (exact) mass is 602 g/mol. The maximum atomic E-state index is 13.2. The minimum Gasteiger partial charge on any atom is -0.490 e. The Morgan fingerprint density at radius 1 is 1.00 bits per heavy atom. The van der Waals surface area contributed by atoms with E-state index in [0.29, 0.717) is 47.0 Å². The molecule has 1 saturated heterocycles. The molecule has 4 rings (SSSR count). The van der Waals surface area contributed by atoms with Crippen LogP contribution < -0.4 is 9.47 Å². The summed E-state index contributed by atoms with van der Waals surface area (Å²) in [5.74, 6) is 0.825. The summed E-state index contributed by atoms with van der Waals surface area (Å²) in [5, 5.41) is 0.567. The molecule has 35 heavy (non-hydrogen) atoms. The van der Waals surface area contributed by atoms with Crippen LogP contribution in [0, 0.1) is 9.39 Å². The van der Waals surface area contributed by atoms with Crippen LogP contribution in [0.15, 0.2) is 76.6 Å². The predicted octanol–water partition coefficient (Wildman–Crippen LogP) is 7.03. The molecule has 1 fully saturated rings. The van der Waals surface area contributed by atoms with Crippen molar-refractivity contribution in [2.45, 2.75) is 20.5 Å². The Morgan fingerprint density at radius 3 is 2.43 bits per heavy atom. The number of hydrogen-bond acceptors (Lipinski definition) is 5. The van der Waals surface area contributed by atoms with Crippen LogP contribution in [0.5, 0.6) is 11.5 Å². The number of likely N-dealkylation sites (N-methyl/N-ethyl adjacent to an activating group) is 1. The van der Waals surface area contributed by atoms with Gasteiger partial charge in [0.2, 0.25) is 0 Å². The van der Waals surface area contributed by atoms with Gasteiger partial charge in [-0.3, -0.25) is 9.69 Å². The number of rotatable bonds is 8. The molecule has 3 aromatic carbocycles. The third-order valence-corrected chi connectivity index (χ3v) is 6.85. The van der Waals surface area contributed by atoms with Gasteiger partial charge in [0.15, 0.2) is 16.7 Å². The molecule has 0 N–H and O–H groups in total. The minimum atomic E-state index is -0.326. The van der Waals surface area contributed by atoms with Crippen molar-refractivity contribution < 1.29 is 18.7 Å². The first-order chi connectivity index (χ1) is 17.0. The lowest BCUT2D eigenvalue weighted by Gasteiger charge is -2.13. The maximum Gasteiger partial charge on any atom is 0.266 e. The zero-order chi connectivity index (χ0) is 24.8. The Labute approximate surface area is 222 Å². The molecule has 0 saturated carbocycles. The first kappa shape index (κ1) is 25.2. The number of carbonyl (C=O) groups excluding carboxylic acids is 1. The number of nitrogens with zero attached hydrogens (tertiary/aromatic N) is 2. The maximum absolute atomic E-state index is 13.2. The normalized spacial score (nSPS) is 15.8. The van der Waals surface area contributed by atoms with Crippen molar-refractivity contribution in [2.24, 2.45) is 4.99 Å². The fourth-order valence-electron chi connectivity index (χ4n) is 3.39. The molecule has 1 aliphatic heterocycles. The summed E-state index contributed by atoms with van der Waals surface area (Å²) in [5.41, 5.74) is 2.49. The number of benzene rings is 3. The Balaban J connectivity index is 1.55. The van der Waals surface area contributed by atoms with Crippen LogP contribution in [0.4, 0.5) is 10.1 Å². The van der Waals surface area contributed by atoms with E-state index in [9.17, 15) is 9.18 Å². The Bertz CT molecular complexity index is 1260. The van der Waals surface area contributed by atoms with Crippen molar-refractivity contribution >= 4 is 57.2 Å². The fraction of sp³-hybridized carbons (Fsp3) is 0.185. The van der Waals surface area contributed by atoms with E-state index in [2.05, 4.69) is 27.6 Å². The third-order valence-electron chi connectivity index (χ3n) is 5.13. The van der Waals surface area contributed by atoms with Gasteiger partial charge < -0.3 is 9.47 Å². The fourth-order valence-corrected chi connectivity index (χ4v) is 4.81. The molecular weight excluding hydrogens is 578 g/mol. The molecule has 8 heteroatoms. The van der Waals surface area contributed by atoms with E-state index in [4.69, 9.17) is 9.47 Å². The summed E-state index contributed by atoms with van der Waals surface area (Å²) in [4.78, 5) is 19.7. The highest BCUT2D eigenvalue weighted by molar-refractivity contribution is 14.1. The highest BCUT2D eigenvalue weighted by atomic mass is 127. The molecule has 0 aliphatic carbocycles. The molecule has 0 radical (unpaired) electrons. The highest BCUT2D eigenvalue weighted by Crippen LogP contribution is 2.36. The molecule has 180 valence electrons. The van der Waals surface area contributed by atoms with Crippen LogP contribution in [0.25, 0.3) is 6.08 Å². The largest absolute Gasteiger partial charge is 0.490 e. The molecule has 1 aliphatic rings. The number of aliphatic imine (C=N–C) groups is 1. The van der Waals surface area contributed by atoms with Gasteiger partial charge in [0.05, 0.1) is 17.2 Å². The van der Waals surface area contributed by atoms with Gasteiger partial charge >= 0.3 is 0 Å². The van der Waals surface area contributed by atoms with Crippen molar-refractivity contribution in [3.05, 3.63) is 92.1 Å². The Kier molecular flexibility index (Phi) is 8.46. The molecule has 5 nitrogen and oxygen atoms in total. The van der Waals surface area contributed by atoms with Crippen molar-refractivity contribution in [1.82, 2.24) is 4.90 Å². The van der Waals surface area contributed by atoms with E-state index in [1.807, 2.05) is 62.4 Å². The summed E-state index contributed by atoms with van der Waals surface area (Å²) in [6, 6.07) is 19.7. The van der Waals surface area contributed by atoms with Gasteiger partial charge in [0.25, 0.3) is 5.91 Å². The zero-order valence-electron chi connectivity index (χ0n) is 19.3. The smallest absolute Gasteiger partial charge is 0.266 e. The molecule has 0 spiro atoms. The summed E-state index contributed by atoms with van der Waals surface area (Å²) in [6.07, 6.45) is 1.83. The molecule has 0 aromatic heterocycles. The lowest BCUT2D eigenvalue weighted by Crippen LogP contribution is -2.28. The van der Waals surface area contributed by atoms with Crippen molar-refractivity contribution in [3.63, 3.8) is 0 Å². The van der Waals surface area contributed by atoms with Gasteiger partial charge in [-0.25, -0.2) is 9.38 Å². The van der Waals surface area contributed by atoms with E-state index >= 15 is 0 Å². The standard InChI is InChI=1S/C27H24FIN2O3S/c1-3-31-26(32)25(35-27(31)30-22-12-8-20(28)9-13-22)16-19-7-14-23(24(15-19)33-4-2)34-17-18-5-10-21(29)11-6-18/h5-16H,3-4,17H2,1-2H3/b25-16+,30-27?. The minimum absolute atomic E-state index is 0.115. The van der Waals surface area contributed by atoms with Crippen molar-refractivity contribution in [2.75, 3.05) is 13.2 Å². The Hall–Kier alpha value is -2.85. The number of halogens is 2. The second-order valence-electron chi connectivity index (χ2n) is 7.59. The lowest BCUT2D eigenvalue weighted by atomic mass is 10.1. The number of carbonyl (C=O) groups is 1. The van der Waals surface area contributed by atoms with Gasteiger partial charge in [-0.1, -0.05) is 18.2 Å². The van der Waals surface area contributed by atoms with Gasteiger partial charge in [-0.15, -0.1) is 0 Å². The van der Waals surface area contributed by atoms with E-state index in [-0.39, 0.29) is 11.7 Å². The topological polar surface area (TPSA) is 51.1 Å². The van der Waals surface area contributed by atoms with Crippen LogP contribution in [0.1, 0.15) is 25.0 Å². The number of hydrogen-bond donors (Lipinski definition) is 0. The average Bonchev–Trinajstić information content (AvgIpc) is 3.14. The average molecular weight is 602 g/mol. The lowest BCUT2D eigenvalue weighted by molar-refractivity contribution is -0.122. The zero-order valence-corrected chi connectivity index (χ0v) is 22.3. The number of amidine groups is 1. The molecular formula is C27H24FIN2O3S. The number of ether oxygens (including phenoxy) is 2. The van der Waals surface area contributed by atoms with Crippen LogP contribution in [-0.2, 0) is 11.4 Å². The van der Waals surface area contributed by atoms with Gasteiger partial charge in [-0.05, 0) is 114 Å². The number of amides is 1. The van der Waals surface area contributed by atoms with E-state index in [1.54, 1.807) is 17.0 Å². The van der Waals surface area contributed by atoms with Gasteiger partial charge in [0.1, 0.15) is 12.4 Å². The van der Waals surface area contributed by atoms with Crippen LogP contribution >= 0.6 is 34.4 Å². The second-order valence-corrected chi connectivity index (χ2v) is 9.84. The van der Waals surface area contributed by atoms with Crippen molar-refractivity contribution in [1.29, 1.82) is 0 Å². The van der Waals surface area contributed by atoms with Crippen LogP contribution in [0.2, 0.25) is 0 Å². The first-order valence-corrected chi connectivity index (χ1v) is 13.1. The van der Waals surface area contributed by atoms with Gasteiger partial charge in [-0.2, -0.15) is 0 Å². The summed E-state index contributed by atoms with van der Waals surface area (Å²) < 4.78 is 26.2. The van der Waals surface area contributed by atoms with E-state index in [1.165, 1.54) is 27.5 Å². The second kappa shape index (κ2) is 11.7. The molecule has 0 unspecified atom stereocenters. The Morgan fingerprint density at radius 2 is 1.74 bits per heavy atom. The summed E-state index contributed by atoms with van der Waals surface area (Å²) in [6.45, 7) is 5.22. The highest BCUT2D eigenvalue weighted by Gasteiger charge is 2.32. The quantitative estimate of drug-likeness (QED) is 0.205. The predicted molar refractivity (Wildman–Crippen MR) is 148 cm³/mol. The molecule has 0 bridgehead atoms. The summed E-state index contributed by atoms with van der Waals surface area (Å²) >= 11 is 3.57. The molecule has 1 heterocycles. The molecule has 3 aromatic rings. The SMILES string of the molecule is CCOc1cc(/C=C2/SC(=Nc3ccc(F)cc3)N(CC)C2=O)ccc1OCc1ccc(I)cc1. The van der Waals surface area contributed by atoms with Crippen molar-refractivity contribution in [3.8, 4) is 11.5 Å². The van der Waals surface area contributed by atoms with Crippen LogP contribution in [-0.4, -0.2) is 29.1 Å². The van der Waals surface area contributed by atoms with E-state index in [0.717, 1.165) is 11.1 Å². The molecule has 1 amide bonds. The van der Waals surface area contributed by atoms with Gasteiger partial charge in [0, 0.05) is 10.1 Å². The summed E-state index contributed by atoms with van der Waals surface area (Å²) in [7, 11) is 0. The third kappa shape index (κ3) is 6.43. The molecule has 0 atom stereocenters. The first-order valence-electron chi connectivity index (χ1n) is 11.2. The van der Waals surface area contributed by atoms with E-state index < -0.39 is 0 Å². The number of thioether (sulfide) groups is 1. The van der Waals surface area contributed by atoms with Crippen LogP contribution in [0.3, 0.4) is 0 Å².